The number of hydrogen-bond donors (Lipinski definition) is 0. The summed E-state index contributed by atoms with van der Waals surface area (Å²) in [5.74, 6) is 2.45. The molecule has 0 unspecified atom stereocenters. The highest BCUT2D eigenvalue weighted by molar-refractivity contribution is 5.67. The van der Waals surface area contributed by atoms with Crippen molar-refractivity contribution in [3.8, 4) is 12.3 Å². The van der Waals surface area contributed by atoms with Gasteiger partial charge in [0.15, 0.2) is 0 Å². The van der Waals surface area contributed by atoms with Gasteiger partial charge in [-0.05, 0) is 0 Å². The average Bonchev–Trinajstić information content (AvgIpc) is 2.11. The highest BCUT2D eigenvalue weighted by Gasteiger charge is 2.09. The van der Waals surface area contributed by atoms with Crippen LogP contribution in [0.1, 0.15) is 6.42 Å². The molecule has 3 nitrogen and oxygen atoms in total. The van der Waals surface area contributed by atoms with Crippen LogP contribution in [0.5, 0.6) is 0 Å². The highest BCUT2D eigenvalue weighted by Crippen LogP contribution is 1.94. The van der Waals surface area contributed by atoms with Gasteiger partial charge >= 0.3 is 6.09 Å². The second-order valence-electron chi connectivity index (χ2n) is 2.16. The van der Waals surface area contributed by atoms with Crippen LogP contribution in [-0.2, 0) is 4.74 Å². The second kappa shape index (κ2) is 6.29. The Balaban J connectivity index is 3.95. The van der Waals surface area contributed by atoms with E-state index < -0.39 is 0 Å². The van der Waals surface area contributed by atoms with Crippen molar-refractivity contribution in [1.82, 2.24) is 4.90 Å². The summed E-state index contributed by atoms with van der Waals surface area (Å²) >= 11 is 0. The largest absolute Gasteiger partial charge is 0.453 e. The van der Waals surface area contributed by atoms with Crippen molar-refractivity contribution < 1.29 is 9.53 Å². The number of methoxy groups -OCH3 is 1. The molecule has 3 heteroatoms. The van der Waals surface area contributed by atoms with E-state index in [1.165, 1.54) is 12.0 Å². The molecule has 66 valence electrons. The third-order valence-corrected chi connectivity index (χ3v) is 1.31. The molecule has 0 fully saturated rings. The normalized spacial score (nSPS) is 8.33. The van der Waals surface area contributed by atoms with Crippen molar-refractivity contribution in [3.05, 3.63) is 12.7 Å². The quantitative estimate of drug-likeness (QED) is 0.466. The first-order chi connectivity index (χ1) is 5.76. The van der Waals surface area contributed by atoms with Gasteiger partial charge in [0.2, 0.25) is 0 Å². The lowest BCUT2D eigenvalue weighted by atomic mass is 10.4. The molecule has 0 bridgehead atoms. The van der Waals surface area contributed by atoms with Gasteiger partial charge in [-0.1, -0.05) is 6.08 Å². The minimum atomic E-state index is -0.370. The predicted octanol–water partition coefficient (Wildman–Crippen LogP) is 1.26. The van der Waals surface area contributed by atoms with Crippen LogP contribution in [0.25, 0.3) is 0 Å². The first kappa shape index (κ1) is 10.6. The molecule has 0 N–H and O–H groups in total. The van der Waals surface area contributed by atoms with Crippen molar-refractivity contribution in [2.45, 2.75) is 6.42 Å². The molecular weight excluding hydrogens is 154 g/mol. The van der Waals surface area contributed by atoms with E-state index in [1.54, 1.807) is 6.08 Å². The summed E-state index contributed by atoms with van der Waals surface area (Å²) in [5, 5.41) is 0. The molecule has 0 saturated carbocycles. The molecular formula is C9H13NO2. The molecule has 1 amide bonds. The van der Waals surface area contributed by atoms with E-state index in [4.69, 9.17) is 6.42 Å². The van der Waals surface area contributed by atoms with Crippen LogP contribution in [0.3, 0.4) is 0 Å². The lowest BCUT2D eigenvalue weighted by Crippen LogP contribution is -2.31. The van der Waals surface area contributed by atoms with Gasteiger partial charge in [0, 0.05) is 19.5 Å². The van der Waals surface area contributed by atoms with Gasteiger partial charge < -0.3 is 9.64 Å². The van der Waals surface area contributed by atoms with Crippen molar-refractivity contribution in [1.29, 1.82) is 0 Å². The fourth-order valence-corrected chi connectivity index (χ4v) is 0.742. The number of nitrogens with zero attached hydrogens (tertiary/aromatic N) is 1. The number of carbonyl (C=O) groups is 1. The highest BCUT2D eigenvalue weighted by atomic mass is 16.5. The number of ether oxygens (including phenoxy) is 1. The maximum atomic E-state index is 11.0. The summed E-state index contributed by atoms with van der Waals surface area (Å²) in [5.41, 5.74) is 0. The lowest BCUT2D eigenvalue weighted by molar-refractivity contribution is 0.129. The van der Waals surface area contributed by atoms with Gasteiger partial charge in [-0.15, -0.1) is 18.9 Å². The molecule has 0 atom stereocenters. The minimum absolute atomic E-state index is 0.370. The third-order valence-electron chi connectivity index (χ3n) is 1.31. The fraction of sp³-hybridized carbons (Fsp3) is 0.444. The Morgan fingerprint density at radius 3 is 2.92 bits per heavy atom. The zero-order valence-electron chi connectivity index (χ0n) is 7.25. The molecule has 0 aromatic heterocycles. The smallest absolute Gasteiger partial charge is 0.409 e. The molecule has 0 spiro atoms. The van der Waals surface area contributed by atoms with Crippen LogP contribution >= 0.6 is 0 Å². The van der Waals surface area contributed by atoms with Gasteiger partial charge in [0.05, 0.1) is 7.11 Å². The summed E-state index contributed by atoms with van der Waals surface area (Å²) in [6.07, 6.45) is 6.85. The Kier molecular flexibility index (Phi) is 5.54. The maximum Gasteiger partial charge on any atom is 0.409 e. The zero-order chi connectivity index (χ0) is 9.40. The summed E-state index contributed by atoms with van der Waals surface area (Å²) in [6.45, 7) is 4.50. The number of hydrogen-bond acceptors (Lipinski definition) is 2. The second-order valence-corrected chi connectivity index (χ2v) is 2.16. The first-order valence-electron chi connectivity index (χ1n) is 3.63. The van der Waals surface area contributed by atoms with Crippen LogP contribution in [0.15, 0.2) is 12.7 Å². The standard InChI is InChI=1S/C9H13NO2/c1-4-6-8-10(7-5-2)9(11)12-3/h1,5H,2,6-8H2,3H3. The third kappa shape index (κ3) is 3.67. The molecule has 12 heavy (non-hydrogen) atoms. The van der Waals surface area contributed by atoms with E-state index in [-0.39, 0.29) is 6.09 Å². The Labute approximate surface area is 73.0 Å². The summed E-state index contributed by atoms with van der Waals surface area (Å²) in [4.78, 5) is 12.5. The van der Waals surface area contributed by atoms with Gasteiger partial charge in [-0.25, -0.2) is 4.79 Å². The average molecular weight is 167 g/mol. The van der Waals surface area contributed by atoms with Crippen molar-refractivity contribution in [2.24, 2.45) is 0 Å². The molecule has 0 heterocycles. The van der Waals surface area contributed by atoms with Crippen LogP contribution in [0, 0.1) is 12.3 Å². The topological polar surface area (TPSA) is 29.5 Å². The van der Waals surface area contributed by atoms with Crippen LogP contribution in [0.4, 0.5) is 4.79 Å². The Hall–Kier alpha value is -1.43. The SMILES string of the molecule is C#CCCN(CC=C)C(=O)OC. The van der Waals surface area contributed by atoms with E-state index in [0.29, 0.717) is 19.5 Å². The van der Waals surface area contributed by atoms with Gasteiger partial charge in [0.25, 0.3) is 0 Å². The zero-order valence-corrected chi connectivity index (χ0v) is 7.25. The number of rotatable bonds is 4. The van der Waals surface area contributed by atoms with E-state index in [1.807, 2.05) is 0 Å². The Morgan fingerprint density at radius 2 is 2.50 bits per heavy atom. The van der Waals surface area contributed by atoms with Crippen LogP contribution in [0.2, 0.25) is 0 Å². The summed E-state index contributed by atoms with van der Waals surface area (Å²) in [6, 6.07) is 0. The van der Waals surface area contributed by atoms with E-state index in [2.05, 4.69) is 17.2 Å². The molecule has 0 aliphatic heterocycles. The van der Waals surface area contributed by atoms with E-state index in [0.717, 1.165) is 0 Å². The first-order valence-corrected chi connectivity index (χ1v) is 3.63. The minimum Gasteiger partial charge on any atom is -0.453 e. The Bertz CT molecular complexity index is 193. The summed E-state index contributed by atoms with van der Waals surface area (Å²) < 4.78 is 4.53. The number of amides is 1. The van der Waals surface area contributed by atoms with Crippen molar-refractivity contribution in [3.63, 3.8) is 0 Å². The molecule has 0 saturated heterocycles. The molecule has 0 aromatic carbocycles. The molecule has 0 aliphatic rings. The van der Waals surface area contributed by atoms with Crippen LogP contribution < -0.4 is 0 Å². The number of terminal acetylenes is 1. The van der Waals surface area contributed by atoms with Gasteiger partial charge in [-0.3, -0.25) is 0 Å². The predicted molar refractivity (Wildman–Crippen MR) is 47.6 cm³/mol. The molecule has 0 radical (unpaired) electrons. The summed E-state index contributed by atoms with van der Waals surface area (Å²) in [7, 11) is 1.34. The number of carbonyl (C=O) groups excluding carboxylic acids is 1. The van der Waals surface area contributed by atoms with Crippen molar-refractivity contribution in [2.75, 3.05) is 20.2 Å². The maximum absolute atomic E-state index is 11.0. The van der Waals surface area contributed by atoms with Crippen LogP contribution in [-0.4, -0.2) is 31.2 Å². The lowest BCUT2D eigenvalue weighted by Gasteiger charge is -2.17. The molecule has 0 aliphatic carbocycles. The molecule has 0 rings (SSSR count). The fourth-order valence-electron chi connectivity index (χ4n) is 0.742. The van der Waals surface area contributed by atoms with Crippen molar-refractivity contribution >= 4 is 6.09 Å². The van der Waals surface area contributed by atoms with E-state index >= 15 is 0 Å². The monoisotopic (exact) mass is 167 g/mol. The van der Waals surface area contributed by atoms with E-state index in [9.17, 15) is 4.79 Å². The Morgan fingerprint density at radius 1 is 1.83 bits per heavy atom. The van der Waals surface area contributed by atoms with Gasteiger partial charge in [0.1, 0.15) is 0 Å². The molecule has 0 aromatic rings. The van der Waals surface area contributed by atoms with Gasteiger partial charge in [-0.2, -0.15) is 0 Å².